The number of nitrogens with one attached hydrogen (secondary N) is 2. The molecule has 6 nitrogen and oxygen atoms in total. The summed E-state index contributed by atoms with van der Waals surface area (Å²) in [7, 11) is 1.28. The lowest BCUT2D eigenvalue weighted by Gasteiger charge is -2.10. The zero-order chi connectivity index (χ0) is 17.5. The Balaban J connectivity index is 2.05. The van der Waals surface area contributed by atoms with Crippen LogP contribution >= 0.6 is 15.9 Å². The largest absolute Gasteiger partial charge is 0.506 e. The summed E-state index contributed by atoms with van der Waals surface area (Å²) in [6, 6.07) is 11.3. The van der Waals surface area contributed by atoms with Crippen molar-refractivity contribution in [3.05, 3.63) is 58.6 Å². The molecule has 3 N–H and O–H groups in total. The Morgan fingerprint density at radius 3 is 2.50 bits per heavy atom. The van der Waals surface area contributed by atoms with Crippen LogP contribution in [0.4, 0.5) is 16.2 Å². The molecule has 0 aliphatic rings. The number of methoxy groups -OCH3 is 1. The first-order chi connectivity index (χ1) is 11.5. The highest BCUT2D eigenvalue weighted by Crippen LogP contribution is 2.26. The molecular weight excluding hydrogens is 376 g/mol. The third-order valence-corrected chi connectivity index (χ3v) is 3.70. The standard InChI is InChI=1S/C17H15BrN2O4/c1-24-16(22)9-7-11-6-8-14(15(21)10-11)20-17(23)19-13-5-3-2-4-12(13)18/h2-10,21H,1H3,(H2,19,20,23)/b9-7+. The number of urea groups is 1. The highest BCUT2D eigenvalue weighted by molar-refractivity contribution is 9.10. The van der Waals surface area contributed by atoms with Gasteiger partial charge in [0.2, 0.25) is 0 Å². The zero-order valence-corrected chi connectivity index (χ0v) is 14.3. The first-order valence-electron chi connectivity index (χ1n) is 6.91. The molecule has 0 spiro atoms. The second-order valence-corrected chi connectivity index (χ2v) is 5.55. The molecule has 0 saturated heterocycles. The van der Waals surface area contributed by atoms with Gasteiger partial charge < -0.3 is 20.5 Å². The van der Waals surface area contributed by atoms with E-state index >= 15 is 0 Å². The molecule has 0 radical (unpaired) electrons. The summed E-state index contributed by atoms with van der Waals surface area (Å²) in [5.41, 5.74) is 1.44. The topological polar surface area (TPSA) is 87.7 Å². The van der Waals surface area contributed by atoms with E-state index in [2.05, 4.69) is 31.3 Å². The summed E-state index contributed by atoms with van der Waals surface area (Å²) in [5.74, 6) is -0.617. The fraction of sp³-hybridized carbons (Fsp3) is 0.0588. The summed E-state index contributed by atoms with van der Waals surface area (Å²) in [5, 5.41) is 15.2. The minimum Gasteiger partial charge on any atom is -0.506 e. The Kier molecular flexibility index (Phi) is 5.97. The maximum Gasteiger partial charge on any atom is 0.330 e. The molecule has 0 aliphatic carbocycles. The molecule has 0 saturated carbocycles. The van der Waals surface area contributed by atoms with Crippen LogP contribution in [0.3, 0.4) is 0 Å². The second kappa shape index (κ2) is 8.16. The fourth-order valence-corrected chi connectivity index (χ4v) is 2.21. The van der Waals surface area contributed by atoms with E-state index in [9.17, 15) is 14.7 Å². The second-order valence-electron chi connectivity index (χ2n) is 4.69. The lowest BCUT2D eigenvalue weighted by atomic mass is 10.1. The number of aromatic hydroxyl groups is 1. The number of amides is 2. The zero-order valence-electron chi connectivity index (χ0n) is 12.7. The molecule has 0 heterocycles. The molecule has 124 valence electrons. The third-order valence-electron chi connectivity index (χ3n) is 3.01. The van der Waals surface area contributed by atoms with Crippen LogP contribution in [-0.2, 0) is 9.53 Å². The van der Waals surface area contributed by atoms with Gasteiger partial charge in [0, 0.05) is 10.5 Å². The van der Waals surface area contributed by atoms with Crippen LogP contribution in [0.1, 0.15) is 5.56 Å². The van der Waals surface area contributed by atoms with Gasteiger partial charge in [-0.15, -0.1) is 0 Å². The third kappa shape index (κ3) is 4.85. The van der Waals surface area contributed by atoms with Crippen LogP contribution < -0.4 is 10.6 Å². The van der Waals surface area contributed by atoms with Gasteiger partial charge in [-0.1, -0.05) is 18.2 Å². The van der Waals surface area contributed by atoms with E-state index in [4.69, 9.17) is 0 Å². The number of hydrogen-bond acceptors (Lipinski definition) is 4. The number of phenols is 1. The molecule has 24 heavy (non-hydrogen) atoms. The van der Waals surface area contributed by atoms with Gasteiger partial charge in [-0.05, 0) is 51.8 Å². The number of benzene rings is 2. The number of para-hydroxylation sites is 1. The number of phenolic OH excluding ortho intramolecular Hbond substituents is 1. The minimum absolute atomic E-state index is 0.121. The molecular formula is C17H15BrN2O4. The van der Waals surface area contributed by atoms with Gasteiger partial charge in [-0.25, -0.2) is 9.59 Å². The Hall–Kier alpha value is -2.80. The molecule has 0 fully saturated rings. The molecule has 2 aromatic carbocycles. The highest BCUT2D eigenvalue weighted by atomic mass is 79.9. The summed E-state index contributed by atoms with van der Waals surface area (Å²) in [4.78, 5) is 23.0. The van der Waals surface area contributed by atoms with Gasteiger partial charge in [0.05, 0.1) is 18.5 Å². The maximum atomic E-state index is 12.0. The molecule has 2 amide bonds. The fourth-order valence-electron chi connectivity index (χ4n) is 1.83. The SMILES string of the molecule is COC(=O)/C=C/c1ccc(NC(=O)Nc2ccccc2Br)c(O)c1. The van der Waals surface area contributed by atoms with E-state index in [-0.39, 0.29) is 11.4 Å². The predicted octanol–water partition coefficient (Wildman–Crippen LogP) is 3.98. The van der Waals surface area contributed by atoms with Gasteiger partial charge in [0.25, 0.3) is 0 Å². The van der Waals surface area contributed by atoms with E-state index in [0.29, 0.717) is 11.3 Å². The Bertz CT molecular complexity index is 790. The molecule has 2 rings (SSSR count). The van der Waals surface area contributed by atoms with Gasteiger partial charge >= 0.3 is 12.0 Å². The Morgan fingerprint density at radius 1 is 1.12 bits per heavy atom. The van der Waals surface area contributed by atoms with Crippen molar-refractivity contribution in [3.63, 3.8) is 0 Å². The first kappa shape index (κ1) is 17.6. The number of anilines is 2. The lowest BCUT2D eigenvalue weighted by molar-refractivity contribution is -0.134. The maximum absolute atomic E-state index is 12.0. The normalized spacial score (nSPS) is 10.4. The van der Waals surface area contributed by atoms with Crippen LogP contribution in [0, 0.1) is 0 Å². The number of carbonyl (C=O) groups excluding carboxylic acids is 2. The van der Waals surface area contributed by atoms with E-state index in [0.717, 1.165) is 4.47 Å². The van der Waals surface area contributed by atoms with Crippen molar-refractivity contribution in [2.75, 3.05) is 17.7 Å². The average Bonchev–Trinajstić information content (AvgIpc) is 2.57. The van der Waals surface area contributed by atoms with Crippen molar-refractivity contribution < 1.29 is 19.4 Å². The quantitative estimate of drug-likeness (QED) is 0.418. The Labute approximate surface area is 147 Å². The van der Waals surface area contributed by atoms with Crippen molar-refractivity contribution in [1.82, 2.24) is 0 Å². The van der Waals surface area contributed by atoms with E-state index in [1.165, 1.54) is 31.4 Å². The van der Waals surface area contributed by atoms with Crippen molar-refractivity contribution in [3.8, 4) is 5.75 Å². The van der Waals surface area contributed by atoms with E-state index in [1.54, 1.807) is 24.3 Å². The lowest BCUT2D eigenvalue weighted by Crippen LogP contribution is -2.19. The van der Waals surface area contributed by atoms with Gasteiger partial charge in [-0.2, -0.15) is 0 Å². The number of esters is 1. The summed E-state index contributed by atoms with van der Waals surface area (Å²) < 4.78 is 5.23. The number of carbonyl (C=O) groups is 2. The summed E-state index contributed by atoms with van der Waals surface area (Å²) in [6.45, 7) is 0. The van der Waals surface area contributed by atoms with Crippen LogP contribution in [0.25, 0.3) is 6.08 Å². The average molecular weight is 391 g/mol. The minimum atomic E-state index is -0.496. The summed E-state index contributed by atoms with van der Waals surface area (Å²) in [6.07, 6.45) is 2.73. The smallest absolute Gasteiger partial charge is 0.330 e. The first-order valence-corrected chi connectivity index (χ1v) is 7.70. The predicted molar refractivity (Wildman–Crippen MR) is 95.9 cm³/mol. The van der Waals surface area contributed by atoms with Crippen LogP contribution in [0.5, 0.6) is 5.75 Å². The molecule has 0 unspecified atom stereocenters. The van der Waals surface area contributed by atoms with Crippen LogP contribution in [-0.4, -0.2) is 24.2 Å². The van der Waals surface area contributed by atoms with Gasteiger partial charge in [-0.3, -0.25) is 0 Å². The van der Waals surface area contributed by atoms with Crippen molar-refractivity contribution in [2.45, 2.75) is 0 Å². The molecule has 2 aromatic rings. The van der Waals surface area contributed by atoms with Crippen molar-refractivity contribution >= 4 is 45.4 Å². The monoisotopic (exact) mass is 390 g/mol. The number of halogens is 1. The molecule has 7 heteroatoms. The number of hydrogen-bond donors (Lipinski definition) is 3. The molecule has 0 atom stereocenters. The van der Waals surface area contributed by atoms with Gasteiger partial charge in [0.1, 0.15) is 5.75 Å². The molecule has 0 aliphatic heterocycles. The number of rotatable bonds is 4. The molecule has 0 bridgehead atoms. The molecule has 0 aromatic heterocycles. The van der Waals surface area contributed by atoms with Crippen molar-refractivity contribution in [1.29, 1.82) is 0 Å². The van der Waals surface area contributed by atoms with E-state index in [1.807, 2.05) is 6.07 Å². The highest BCUT2D eigenvalue weighted by Gasteiger charge is 2.08. The van der Waals surface area contributed by atoms with E-state index < -0.39 is 12.0 Å². The Morgan fingerprint density at radius 2 is 1.83 bits per heavy atom. The van der Waals surface area contributed by atoms with Crippen molar-refractivity contribution in [2.24, 2.45) is 0 Å². The van der Waals surface area contributed by atoms with Crippen LogP contribution in [0.15, 0.2) is 53.0 Å². The van der Waals surface area contributed by atoms with Gasteiger partial charge in [0.15, 0.2) is 0 Å². The number of ether oxygens (including phenoxy) is 1. The van der Waals surface area contributed by atoms with Crippen LogP contribution in [0.2, 0.25) is 0 Å². The summed E-state index contributed by atoms with van der Waals surface area (Å²) >= 11 is 3.33.